The van der Waals surface area contributed by atoms with Gasteiger partial charge < -0.3 is 9.47 Å². The molecule has 6 nitrogen and oxygen atoms in total. The molecule has 1 heterocycles. The maximum absolute atomic E-state index is 13.5. The smallest absolute Gasteiger partial charge is 0.282 e. The number of aromatic nitrogens is 2. The molecule has 10 heteroatoms. The highest BCUT2D eigenvalue weighted by Crippen LogP contribution is 2.42. The van der Waals surface area contributed by atoms with Crippen LogP contribution in [-0.2, 0) is 6.61 Å². The first kappa shape index (κ1) is 27.6. The molecular formula is C29H19Br3ClN3O3. The van der Waals surface area contributed by atoms with Crippen molar-refractivity contribution < 1.29 is 9.47 Å². The number of fused-ring (bicyclic) bond motifs is 1. The molecule has 0 saturated heterocycles. The molecule has 0 aliphatic rings. The molecule has 0 N–H and O–H groups in total. The standard InChI is InChI=1S/C29H19Br3ClN3O3/c1-38-24-13-19(25(32)26(33)27(24)39-16-18-11-12-20(30)14-22(18)31)15-34-36-28(17-7-3-2-4-8-17)35-23-10-6-5-9-21(23)29(36)37/h2-15H,16H2,1H3. The van der Waals surface area contributed by atoms with Crippen LogP contribution in [0.3, 0.4) is 0 Å². The van der Waals surface area contributed by atoms with Gasteiger partial charge in [-0.2, -0.15) is 9.78 Å². The number of hydrogen-bond donors (Lipinski definition) is 0. The lowest BCUT2D eigenvalue weighted by Gasteiger charge is -2.16. The molecule has 0 spiro atoms. The summed E-state index contributed by atoms with van der Waals surface area (Å²) in [5.41, 5.74) is 2.60. The SMILES string of the molecule is COc1cc(C=Nn2c(-c3ccccc3)nc3ccccc3c2=O)c(Br)c(Cl)c1OCc1ccc(Br)cc1Br. The molecule has 0 radical (unpaired) electrons. The third-order valence-corrected chi connectivity index (χ3v) is 8.54. The Kier molecular flexibility index (Phi) is 8.52. The molecule has 0 atom stereocenters. The van der Waals surface area contributed by atoms with Crippen LogP contribution in [0.5, 0.6) is 11.5 Å². The maximum atomic E-state index is 13.5. The van der Waals surface area contributed by atoms with Crippen LogP contribution >= 0.6 is 59.4 Å². The highest BCUT2D eigenvalue weighted by atomic mass is 79.9. The number of benzene rings is 4. The van der Waals surface area contributed by atoms with Crippen molar-refractivity contribution in [3.63, 3.8) is 0 Å². The molecule has 0 aliphatic heterocycles. The van der Waals surface area contributed by atoms with E-state index in [0.717, 1.165) is 20.1 Å². The zero-order chi connectivity index (χ0) is 27.5. The van der Waals surface area contributed by atoms with Crippen LogP contribution in [0, 0.1) is 0 Å². The summed E-state index contributed by atoms with van der Waals surface area (Å²) >= 11 is 17.3. The van der Waals surface area contributed by atoms with Crippen molar-refractivity contribution in [1.82, 2.24) is 9.66 Å². The quantitative estimate of drug-likeness (QED) is 0.158. The molecule has 0 bridgehead atoms. The second kappa shape index (κ2) is 12.0. The summed E-state index contributed by atoms with van der Waals surface area (Å²) in [6.07, 6.45) is 1.54. The fraction of sp³-hybridized carbons (Fsp3) is 0.0690. The molecule has 196 valence electrons. The minimum Gasteiger partial charge on any atom is -0.493 e. The second-order valence-corrected chi connectivity index (χ2v) is 11.3. The Morgan fingerprint density at radius 2 is 1.74 bits per heavy atom. The molecule has 0 unspecified atom stereocenters. The Balaban J connectivity index is 1.55. The highest BCUT2D eigenvalue weighted by molar-refractivity contribution is 9.11. The first-order chi connectivity index (χ1) is 18.9. The zero-order valence-corrected chi connectivity index (χ0v) is 25.9. The van der Waals surface area contributed by atoms with Crippen LogP contribution in [0.4, 0.5) is 0 Å². The summed E-state index contributed by atoms with van der Waals surface area (Å²) < 4.78 is 15.4. The van der Waals surface area contributed by atoms with E-state index in [0.29, 0.717) is 43.3 Å². The summed E-state index contributed by atoms with van der Waals surface area (Å²) in [5, 5.41) is 5.32. The Bertz CT molecular complexity index is 1780. The molecule has 0 aliphatic carbocycles. The third kappa shape index (κ3) is 5.82. The molecule has 4 aromatic carbocycles. The van der Waals surface area contributed by atoms with Gasteiger partial charge in [0.05, 0.1) is 24.2 Å². The Hall–Kier alpha value is -2.98. The molecule has 0 amide bonds. The lowest BCUT2D eigenvalue weighted by molar-refractivity contribution is 0.284. The van der Waals surface area contributed by atoms with Gasteiger partial charge in [-0.3, -0.25) is 4.79 Å². The van der Waals surface area contributed by atoms with Crippen LogP contribution in [0.15, 0.2) is 102 Å². The summed E-state index contributed by atoms with van der Waals surface area (Å²) in [6.45, 7) is 0.266. The third-order valence-electron chi connectivity index (χ3n) is 5.86. The predicted molar refractivity (Wildman–Crippen MR) is 166 cm³/mol. The Morgan fingerprint density at radius 1 is 1.00 bits per heavy atom. The lowest BCUT2D eigenvalue weighted by Crippen LogP contribution is -2.20. The second-order valence-electron chi connectivity index (χ2n) is 8.33. The van der Waals surface area contributed by atoms with E-state index < -0.39 is 0 Å². The van der Waals surface area contributed by atoms with Crippen molar-refractivity contribution in [3.8, 4) is 22.9 Å². The first-order valence-electron chi connectivity index (χ1n) is 11.6. The van der Waals surface area contributed by atoms with Crippen LogP contribution < -0.4 is 15.0 Å². The van der Waals surface area contributed by atoms with E-state index in [4.69, 9.17) is 26.1 Å². The molecule has 1 aromatic heterocycles. The molecule has 5 rings (SSSR count). The fourth-order valence-electron chi connectivity index (χ4n) is 3.90. The van der Waals surface area contributed by atoms with Crippen molar-refractivity contribution in [3.05, 3.63) is 119 Å². The van der Waals surface area contributed by atoms with Crippen molar-refractivity contribution >= 4 is 76.5 Å². The minimum absolute atomic E-state index is 0.266. The highest BCUT2D eigenvalue weighted by Gasteiger charge is 2.18. The molecule has 0 saturated carbocycles. The fourth-order valence-corrected chi connectivity index (χ4v) is 5.71. The zero-order valence-electron chi connectivity index (χ0n) is 20.4. The molecule has 39 heavy (non-hydrogen) atoms. The first-order valence-corrected chi connectivity index (χ1v) is 14.4. The number of para-hydroxylation sites is 1. The average molecular weight is 733 g/mol. The van der Waals surface area contributed by atoms with Gasteiger partial charge in [-0.15, -0.1) is 0 Å². The number of halogens is 4. The van der Waals surface area contributed by atoms with Gasteiger partial charge >= 0.3 is 0 Å². The van der Waals surface area contributed by atoms with Gasteiger partial charge in [-0.25, -0.2) is 4.98 Å². The average Bonchev–Trinajstić information content (AvgIpc) is 2.95. The van der Waals surface area contributed by atoms with Gasteiger partial charge in [-0.1, -0.05) is 92.0 Å². The van der Waals surface area contributed by atoms with Crippen LogP contribution in [0.25, 0.3) is 22.3 Å². The minimum atomic E-state index is -0.287. The number of ether oxygens (including phenoxy) is 2. The Labute approximate surface area is 254 Å². The lowest BCUT2D eigenvalue weighted by atomic mass is 10.2. The number of methoxy groups -OCH3 is 1. The van der Waals surface area contributed by atoms with Crippen molar-refractivity contribution in [1.29, 1.82) is 0 Å². The number of hydrogen-bond acceptors (Lipinski definition) is 5. The van der Waals surface area contributed by atoms with Crippen LogP contribution in [-0.4, -0.2) is 23.0 Å². The van der Waals surface area contributed by atoms with Crippen LogP contribution in [0.2, 0.25) is 5.02 Å². The maximum Gasteiger partial charge on any atom is 0.282 e. The van der Waals surface area contributed by atoms with Gasteiger partial charge in [0.2, 0.25) is 0 Å². The van der Waals surface area contributed by atoms with Gasteiger partial charge in [0.25, 0.3) is 5.56 Å². The van der Waals surface area contributed by atoms with Crippen molar-refractivity contribution in [2.75, 3.05) is 7.11 Å². The van der Waals surface area contributed by atoms with E-state index in [1.807, 2.05) is 60.7 Å². The molecule has 0 fully saturated rings. The molecular weight excluding hydrogens is 714 g/mol. The normalized spacial score (nSPS) is 11.3. The van der Waals surface area contributed by atoms with Gasteiger partial charge in [0.1, 0.15) is 11.6 Å². The van der Waals surface area contributed by atoms with E-state index >= 15 is 0 Å². The topological polar surface area (TPSA) is 65.7 Å². The van der Waals surface area contributed by atoms with E-state index in [-0.39, 0.29) is 12.2 Å². The van der Waals surface area contributed by atoms with Crippen LogP contribution in [0.1, 0.15) is 11.1 Å². The van der Waals surface area contributed by atoms with Gasteiger partial charge in [0.15, 0.2) is 17.3 Å². The summed E-state index contributed by atoms with van der Waals surface area (Å²) in [7, 11) is 1.54. The number of nitrogens with zero attached hydrogens (tertiary/aromatic N) is 3. The monoisotopic (exact) mass is 729 g/mol. The van der Waals surface area contributed by atoms with E-state index in [2.05, 4.69) is 52.9 Å². The largest absolute Gasteiger partial charge is 0.493 e. The predicted octanol–water partition coefficient (Wildman–Crippen LogP) is 8.47. The summed E-state index contributed by atoms with van der Waals surface area (Å²) in [6, 6.07) is 24.2. The van der Waals surface area contributed by atoms with Gasteiger partial charge in [-0.05, 0) is 46.3 Å². The Morgan fingerprint density at radius 3 is 2.49 bits per heavy atom. The summed E-state index contributed by atoms with van der Waals surface area (Å²) in [4.78, 5) is 18.2. The van der Waals surface area contributed by atoms with E-state index in [1.54, 1.807) is 18.2 Å². The van der Waals surface area contributed by atoms with Crippen molar-refractivity contribution in [2.45, 2.75) is 6.61 Å². The van der Waals surface area contributed by atoms with Gasteiger partial charge in [0, 0.05) is 30.1 Å². The number of rotatable bonds is 7. The van der Waals surface area contributed by atoms with Crippen molar-refractivity contribution in [2.24, 2.45) is 5.10 Å². The van der Waals surface area contributed by atoms with E-state index in [9.17, 15) is 4.79 Å². The van der Waals surface area contributed by atoms with E-state index in [1.165, 1.54) is 18.0 Å². The molecule has 5 aromatic rings. The summed E-state index contributed by atoms with van der Waals surface area (Å²) in [5.74, 6) is 1.22.